The highest BCUT2D eigenvalue weighted by Gasteiger charge is 2.39. The monoisotopic (exact) mass is 332 g/mol. The molecule has 2 aromatic rings. The van der Waals surface area contributed by atoms with Crippen molar-refractivity contribution in [1.82, 2.24) is 0 Å². The molecule has 4 nitrogen and oxygen atoms in total. The van der Waals surface area contributed by atoms with E-state index in [0.29, 0.717) is 13.2 Å². The Balaban J connectivity index is 1.60. The molecule has 0 amide bonds. The molecule has 0 N–H and O–H groups in total. The molecule has 5 heteroatoms. The minimum atomic E-state index is -3.10. The first-order chi connectivity index (χ1) is 11.1. The molecule has 0 bridgehead atoms. The minimum absolute atomic E-state index is 0.0271. The zero-order valence-corrected chi connectivity index (χ0v) is 13.6. The fraction of sp³-hybridized carbons (Fsp3) is 0.333. The second-order valence-electron chi connectivity index (χ2n) is 5.75. The smallest absolute Gasteiger partial charge is 0.155 e. The predicted octanol–water partition coefficient (Wildman–Crippen LogP) is 2.59. The van der Waals surface area contributed by atoms with Gasteiger partial charge in [0, 0.05) is 0 Å². The van der Waals surface area contributed by atoms with E-state index in [9.17, 15) is 8.42 Å². The maximum absolute atomic E-state index is 11.9. The van der Waals surface area contributed by atoms with Crippen LogP contribution in [0.3, 0.4) is 0 Å². The van der Waals surface area contributed by atoms with Crippen LogP contribution in [0.1, 0.15) is 11.1 Å². The number of rotatable bonds is 6. The molecular weight excluding hydrogens is 312 g/mol. The fourth-order valence-electron chi connectivity index (χ4n) is 2.65. The van der Waals surface area contributed by atoms with Crippen LogP contribution in [0, 0.1) is 0 Å². The van der Waals surface area contributed by atoms with Crippen LogP contribution in [0.4, 0.5) is 0 Å². The number of benzene rings is 2. The van der Waals surface area contributed by atoms with Gasteiger partial charge >= 0.3 is 0 Å². The molecule has 0 aromatic heterocycles. The second kappa shape index (κ2) is 7.25. The highest BCUT2D eigenvalue weighted by Crippen LogP contribution is 2.21. The quantitative estimate of drug-likeness (QED) is 0.816. The normalized spacial score (nSPS) is 23.0. The molecule has 0 saturated carbocycles. The van der Waals surface area contributed by atoms with Crippen LogP contribution in [-0.4, -0.2) is 32.1 Å². The third-order valence-corrected chi connectivity index (χ3v) is 5.54. The Hall–Kier alpha value is -1.69. The first kappa shape index (κ1) is 16.2. The van der Waals surface area contributed by atoms with Crippen molar-refractivity contribution in [2.75, 3.05) is 11.5 Å². The van der Waals surface area contributed by atoms with Crippen molar-refractivity contribution in [2.45, 2.75) is 25.4 Å². The van der Waals surface area contributed by atoms with E-state index >= 15 is 0 Å². The highest BCUT2D eigenvalue weighted by molar-refractivity contribution is 7.91. The summed E-state index contributed by atoms with van der Waals surface area (Å²) in [5.41, 5.74) is 2.05. The molecule has 1 fully saturated rings. The summed E-state index contributed by atoms with van der Waals surface area (Å²) < 4.78 is 35.5. The van der Waals surface area contributed by atoms with Gasteiger partial charge in [-0.15, -0.1) is 0 Å². The Bertz CT molecular complexity index is 656. The molecule has 1 aliphatic rings. The standard InChI is InChI=1S/C18H20O4S/c19-23(20)13-17(21-11-15-7-3-1-4-8-15)18(14-23)22-12-16-9-5-2-6-10-16/h1-10,17-18H,11-14H2/t17-,18+. The summed E-state index contributed by atoms with van der Waals surface area (Å²) in [6.07, 6.45) is -0.826. The van der Waals surface area contributed by atoms with Gasteiger partial charge in [0.05, 0.1) is 36.9 Å². The molecule has 1 aliphatic heterocycles. The van der Waals surface area contributed by atoms with E-state index in [1.54, 1.807) is 0 Å². The summed E-state index contributed by atoms with van der Waals surface area (Å²) in [4.78, 5) is 0. The Kier molecular flexibility index (Phi) is 5.10. The van der Waals surface area contributed by atoms with E-state index < -0.39 is 22.0 Å². The van der Waals surface area contributed by atoms with Crippen molar-refractivity contribution in [3.8, 4) is 0 Å². The summed E-state index contributed by atoms with van der Waals surface area (Å²) in [6, 6.07) is 19.5. The summed E-state index contributed by atoms with van der Waals surface area (Å²) in [5, 5.41) is 0. The Morgan fingerprint density at radius 2 is 1.13 bits per heavy atom. The minimum Gasteiger partial charge on any atom is -0.370 e. The maximum atomic E-state index is 11.9. The average Bonchev–Trinajstić information content (AvgIpc) is 2.87. The molecule has 1 heterocycles. The van der Waals surface area contributed by atoms with Crippen molar-refractivity contribution < 1.29 is 17.9 Å². The van der Waals surface area contributed by atoms with Crippen LogP contribution < -0.4 is 0 Å². The lowest BCUT2D eigenvalue weighted by molar-refractivity contribution is -0.0591. The summed E-state index contributed by atoms with van der Waals surface area (Å²) in [6.45, 7) is 0.790. The van der Waals surface area contributed by atoms with Crippen LogP contribution in [0.2, 0.25) is 0 Å². The van der Waals surface area contributed by atoms with Gasteiger partial charge in [0.1, 0.15) is 0 Å². The second-order valence-corrected chi connectivity index (χ2v) is 7.90. The lowest BCUT2D eigenvalue weighted by atomic mass is 10.2. The molecule has 0 unspecified atom stereocenters. The Labute approximate surface area is 137 Å². The molecule has 0 spiro atoms. The summed E-state index contributed by atoms with van der Waals surface area (Å²) >= 11 is 0. The third kappa shape index (κ3) is 4.64. The fourth-order valence-corrected chi connectivity index (χ4v) is 4.41. The van der Waals surface area contributed by atoms with Gasteiger partial charge in [0.25, 0.3) is 0 Å². The molecule has 0 aliphatic carbocycles. The SMILES string of the molecule is O=S1(=O)C[C@H](OCc2ccccc2)[C@H](OCc2ccccc2)C1. The first-order valence-corrected chi connectivity index (χ1v) is 9.46. The number of hydrogen-bond donors (Lipinski definition) is 0. The third-order valence-electron chi connectivity index (χ3n) is 3.86. The molecule has 3 rings (SSSR count). The topological polar surface area (TPSA) is 52.6 Å². The number of hydrogen-bond acceptors (Lipinski definition) is 4. The molecule has 122 valence electrons. The van der Waals surface area contributed by atoms with E-state index in [1.807, 2.05) is 60.7 Å². The van der Waals surface area contributed by atoms with Crippen molar-refractivity contribution in [1.29, 1.82) is 0 Å². The molecule has 1 saturated heterocycles. The average molecular weight is 332 g/mol. The highest BCUT2D eigenvalue weighted by atomic mass is 32.2. The van der Waals surface area contributed by atoms with Crippen molar-refractivity contribution >= 4 is 9.84 Å². The maximum Gasteiger partial charge on any atom is 0.155 e. The van der Waals surface area contributed by atoms with E-state index in [2.05, 4.69) is 0 Å². The van der Waals surface area contributed by atoms with Gasteiger partial charge in [0.2, 0.25) is 0 Å². The largest absolute Gasteiger partial charge is 0.370 e. The van der Waals surface area contributed by atoms with E-state index in [1.165, 1.54) is 0 Å². The van der Waals surface area contributed by atoms with Gasteiger partial charge in [-0.25, -0.2) is 8.42 Å². The van der Waals surface area contributed by atoms with Crippen molar-refractivity contribution in [3.05, 3.63) is 71.8 Å². The molecular formula is C18H20O4S. The molecule has 23 heavy (non-hydrogen) atoms. The first-order valence-electron chi connectivity index (χ1n) is 7.64. The Morgan fingerprint density at radius 1 is 0.739 bits per heavy atom. The number of sulfone groups is 1. The van der Waals surface area contributed by atoms with Gasteiger partial charge in [-0.05, 0) is 11.1 Å². The lowest BCUT2D eigenvalue weighted by Gasteiger charge is -2.19. The predicted molar refractivity (Wildman–Crippen MR) is 88.7 cm³/mol. The van der Waals surface area contributed by atoms with Gasteiger partial charge < -0.3 is 9.47 Å². The van der Waals surface area contributed by atoms with Crippen LogP contribution in [0.15, 0.2) is 60.7 Å². The molecule has 2 atom stereocenters. The van der Waals surface area contributed by atoms with Gasteiger partial charge in [-0.2, -0.15) is 0 Å². The van der Waals surface area contributed by atoms with Crippen LogP contribution in [0.25, 0.3) is 0 Å². The zero-order valence-electron chi connectivity index (χ0n) is 12.8. The number of ether oxygens (including phenoxy) is 2. The Morgan fingerprint density at radius 3 is 1.52 bits per heavy atom. The molecule has 0 radical (unpaired) electrons. The van der Waals surface area contributed by atoms with E-state index in [0.717, 1.165) is 11.1 Å². The van der Waals surface area contributed by atoms with Gasteiger partial charge in [-0.1, -0.05) is 60.7 Å². The molecule has 2 aromatic carbocycles. The van der Waals surface area contributed by atoms with Gasteiger partial charge in [0.15, 0.2) is 9.84 Å². The van der Waals surface area contributed by atoms with Crippen LogP contribution >= 0.6 is 0 Å². The lowest BCUT2D eigenvalue weighted by Crippen LogP contribution is -2.29. The van der Waals surface area contributed by atoms with Crippen molar-refractivity contribution in [3.63, 3.8) is 0 Å². The van der Waals surface area contributed by atoms with E-state index in [4.69, 9.17) is 9.47 Å². The van der Waals surface area contributed by atoms with Gasteiger partial charge in [-0.3, -0.25) is 0 Å². The zero-order chi connectivity index (χ0) is 16.1. The van der Waals surface area contributed by atoms with Crippen molar-refractivity contribution in [2.24, 2.45) is 0 Å². The summed E-state index contributed by atoms with van der Waals surface area (Å²) in [5.74, 6) is 0.0541. The van der Waals surface area contributed by atoms with E-state index in [-0.39, 0.29) is 11.5 Å². The van der Waals surface area contributed by atoms with Crippen LogP contribution in [0.5, 0.6) is 0 Å². The van der Waals surface area contributed by atoms with Crippen LogP contribution in [-0.2, 0) is 32.5 Å². The summed E-state index contributed by atoms with van der Waals surface area (Å²) in [7, 11) is -3.10.